The summed E-state index contributed by atoms with van der Waals surface area (Å²) < 4.78 is 28.6. The van der Waals surface area contributed by atoms with Crippen molar-refractivity contribution in [3.05, 3.63) is 51.8 Å². The van der Waals surface area contributed by atoms with Gasteiger partial charge in [0.15, 0.2) is 9.84 Å². The Bertz CT molecular complexity index is 790. The summed E-state index contributed by atoms with van der Waals surface area (Å²) in [6.07, 6.45) is 2.17. The lowest BCUT2D eigenvalue weighted by Gasteiger charge is -2.08. The largest absolute Gasteiger partial charge is 0.448 e. The molecule has 2 rings (SSSR count). The van der Waals surface area contributed by atoms with Crippen LogP contribution in [0.2, 0.25) is 5.15 Å². The third kappa shape index (κ3) is 3.47. The highest BCUT2D eigenvalue weighted by Crippen LogP contribution is 2.36. The summed E-state index contributed by atoms with van der Waals surface area (Å²) >= 11 is 5.63. The monoisotopic (exact) mass is 328 g/mol. The van der Waals surface area contributed by atoms with Gasteiger partial charge in [0.1, 0.15) is 15.8 Å². The van der Waals surface area contributed by atoms with Crippen molar-refractivity contribution in [2.24, 2.45) is 0 Å². The van der Waals surface area contributed by atoms with Gasteiger partial charge >= 0.3 is 5.69 Å². The van der Waals surface area contributed by atoms with Gasteiger partial charge in [0, 0.05) is 6.26 Å². The number of rotatable bonds is 4. The highest BCUT2D eigenvalue weighted by Gasteiger charge is 2.27. The molecule has 0 saturated carbocycles. The second kappa shape index (κ2) is 5.66. The van der Waals surface area contributed by atoms with Gasteiger partial charge in [0.25, 0.3) is 0 Å². The number of nitro groups is 1. The molecule has 0 fully saturated rings. The molecular formula is C12H9ClN2O5S. The molecule has 0 N–H and O–H groups in total. The van der Waals surface area contributed by atoms with Crippen LogP contribution in [0.1, 0.15) is 0 Å². The Morgan fingerprint density at radius 3 is 2.52 bits per heavy atom. The van der Waals surface area contributed by atoms with Crippen LogP contribution >= 0.6 is 11.6 Å². The van der Waals surface area contributed by atoms with Crippen molar-refractivity contribution in [3.63, 3.8) is 0 Å². The van der Waals surface area contributed by atoms with Crippen molar-refractivity contribution in [1.82, 2.24) is 4.98 Å². The number of benzene rings is 1. The maximum absolute atomic E-state index is 11.6. The van der Waals surface area contributed by atoms with Crippen molar-refractivity contribution < 1.29 is 18.1 Å². The van der Waals surface area contributed by atoms with Crippen molar-refractivity contribution in [2.75, 3.05) is 6.26 Å². The third-order valence-corrected chi connectivity index (χ3v) is 3.82. The molecule has 1 aromatic carbocycles. The van der Waals surface area contributed by atoms with Crippen molar-refractivity contribution in [2.45, 2.75) is 4.90 Å². The van der Waals surface area contributed by atoms with E-state index in [0.29, 0.717) is 0 Å². The van der Waals surface area contributed by atoms with E-state index in [1.165, 1.54) is 30.5 Å². The molecule has 0 aliphatic heterocycles. The highest BCUT2D eigenvalue weighted by molar-refractivity contribution is 7.90. The number of sulfone groups is 1. The second-order valence-electron chi connectivity index (χ2n) is 4.05. The standard InChI is InChI=1S/C12H9ClN2O5S/c1-21(18,19)10-4-2-3-9(12(10)15(16)17)20-8-5-6-11(13)14-7-8/h2-7H,1H3. The molecule has 110 valence electrons. The SMILES string of the molecule is CS(=O)(=O)c1cccc(Oc2ccc(Cl)nc2)c1[N+](=O)[O-]. The molecule has 2 aromatic rings. The van der Waals surface area contributed by atoms with Crippen LogP contribution in [0.5, 0.6) is 11.5 Å². The van der Waals surface area contributed by atoms with E-state index in [-0.39, 0.29) is 16.7 Å². The molecule has 0 radical (unpaired) electrons. The molecule has 0 bridgehead atoms. The summed E-state index contributed by atoms with van der Waals surface area (Å²) in [7, 11) is -3.76. The van der Waals surface area contributed by atoms with E-state index in [0.717, 1.165) is 12.3 Å². The molecule has 0 atom stereocenters. The Hall–Kier alpha value is -2.19. The molecule has 0 spiro atoms. The normalized spacial score (nSPS) is 11.1. The van der Waals surface area contributed by atoms with Crippen LogP contribution in [0.15, 0.2) is 41.4 Å². The van der Waals surface area contributed by atoms with E-state index in [4.69, 9.17) is 16.3 Å². The van der Waals surface area contributed by atoms with E-state index in [2.05, 4.69) is 4.98 Å². The minimum absolute atomic E-state index is 0.188. The first-order chi connectivity index (χ1) is 9.79. The van der Waals surface area contributed by atoms with E-state index < -0.39 is 25.3 Å². The Balaban J connectivity index is 2.54. The summed E-state index contributed by atoms with van der Waals surface area (Å²) in [6.45, 7) is 0. The Kier molecular flexibility index (Phi) is 4.10. The van der Waals surface area contributed by atoms with Crippen molar-refractivity contribution in [3.8, 4) is 11.5 Å². The zero-order chi connectivity index (χ0) is 15.6. The van der Waals surface area contributed by atoms with Crippen molar-refractivity contribution >= 4 is 27.1 Å². The van der Waals surface area contributed by atoms with Gasteiger partial charge in [0.05, 0.1) is 11.1 Å². The van der Waals surface area contributed by atoms with Crippen LogP contribution in [0, 0.1) is 10.1 Å². The Morgan fingerprint density at radius 1 is 1.29 bits per heavy atom. The number of pyridine rings is 1. The van der Waals surface area contributed by atoms with Crippen molar-refractivity contribution in [1.29, 1.82) is 0 Å². The maximum atomic E-state index is 11.6. The molecular weight excluding hydrogens is 320 g/mol. The minimum Gasteiger partial charge on any atom is -0.448 e. The zero-order valence-corrected chi connectivity index (χ0v) is 12.3. The van der Waals surface area contributed by atoms with Crippen LogP contribution in [0.25, 0.3) is 0 Å². The smallest absolute Gasteiger partial charge is 0.330 e. The summed E-state index contributed by atoms with van der Waals surface area (Å²) in [4.78, 5) is 13.7. The number of halogens is 1. The average Bonchev–Trinajstić information content (AvgIpc) is 2.40. The van der Waals surface area contributed by atoms with Gasteiger partial charge in [-0.2, -0.15) is 0 Å². The number of ether oxygens (including phenoxy) is 1. The fourth-order valence-corrected chi connectivity index (χ4v) is 2.58. The van der Waals surface area contributed by atoms with Crippen LogP contribution in [-0.2, 0) is 9.84 Å². The number of nitrogens with zero attached hydrogens (tertiary/aromatic N) is 2. The van der Waals surface area contributed by atoms with E-state index >= 15 is 0 Å². The maximum Gasteiger partial charge on any atom is 0.330 e. The van der Waals surface area contributed by atoms with Gasteiger partial charge in [-0.15, -0.1) is 0 Å². The summed E-state index contributed by atoms with van der Waals surface area (Å²) in [5.74, 6) is 0.0141. The quantitative estimate of drug-likeness (QED) is 0.486. The molecule has 1 heterocycles. The third-order valence-electron chi connectivity index (χ3n) is 2.47. The molecule has 0 amide bonds. The predicted octanol–water partition coefficient (Wildman–Crippen LogP) is 2.84. The lowest BCUT2D eigenvalue weighted by Crippen LogP contribution is -2.04. The first kappa shape index (κ1) is 15.2. The van der Waals surface area contributed by atoms with Crippen LogP contribution in [0.3, 0.4) is 0 Å². The fourth-order valence-electron chi connectivity index (χ4n) is 1.61. The topological polar surface area (TPSA) is 99.4 Å². The number of hydrogen-bond acceptors (Lipinski definition) is 6. The number of hydrogen-bond donors (Lipinski definition) is 0. The first-order valence-electron chi connectivity index (χ1n) is 5.56. The van der Waals surface area contributed by atoms with E-state index in [1.54, 1.807) is 0 Å². The Labute approximate surface area is 125 Å². The number of aromatic nitrogens is 1. The molecule has 9 heteroatoms. The second-order valence-corrected chi connectivity index (χ2v) is 6.42. The van der Waals surface area contributed by atoms with Crippen LogP contribution < -0.4 is 4.74 Å². The summed E-state index contributed by atoms with van der Waals surface area (Å²) in [5.41, 5.74) is -0.616. The van der Waals surface area contributed by atoms with E-state index in [1.807, 2.05) is 0 Å². The predicted molar refractivity (Wildman–Crippen MR) is 75.5 cm³/mol. The summed E-state index contributed by atoms with van der Waals surface area (Å²) in [6, 6.07) is 6.74. The molecule has 0 saturated heterocycles. The first-order valence-corrected chi connectivity index (χ1v) is 7.83. The van der Waals surface area contributed by atoms with Crippen LogP contribution in [-0.4, -0.2) is 24.6 Å². The number of nitro benzene ring substituents is 1. The van der Waals surface area contributed by atoms with Gasteiger partial charge in [-0.3, -0.25) is 10.1 Å². The highest BCUT2D eigenvalue weighted by atomic mass is 35.5. The number of para-hydroxylation sites is 1. The minimum atomic E-state index is -3.76. The van der Waals surface area contributed by atoms with E-state index in [9.17, 15) is 18.5 Å². The lowest BCUT2D eigenvalue weighted by atomic mass is 10.3. The van der Waals surface area contributed by atoms with Gasteiger partial charge in [0.2, 0.25) is 5.75 Å². The van der Waals surface area contributed by atoms with Gasteiger partial charge in [-0.25, -0.2) is 13.4 Å². The molecule has 0 aliphatic rings. The molecule has 0 aliphatic carbocycles. The average molecular weight is 329 g/mol. The Morgan fingerprint density at radius 2 is 2.00 bits per heavy atom. The summed E-state index contributed by atoms with van der Waals surface area (Å²) in [5, 5.41) is 11.4. The molecule has 21 heavy (non-hydrogen) atoms. The van der Waals surface area contributed by atoms with Gasteiger partial charge in [-0.1, -0.05) is 17.7 Å². The molecule has 1 aromatic heterocycles. The van der Waals surface area contributed by atoms with Gasteiger partial charge < -0.3 is 4.74 Å². The molecule has 7 nitrogen and oxygen atoms in total. The zero-order valence-electron chi connectivity index (χ0n) is 10.7. The van der Waals surface area contributed by atoms with Gasteiger partial charge in [-0.05, 0) is 24.3 Å². The lowest BCUT2D eigenvalue weighted by molar-refractivity contribution is -0.388. The van der Waals surface area contributed by atoms with Crippen LogP contribution in [0.4, 0.5) is 5.69 Å². The molecule has 0 unspecified atom stereocenters. The fraction of sp³-hybridized carbons (Fsp3) is 0.0833.